The molecule has 0 unspecified atom stereocenters. The molecule has 0 saturated heterocycles. The summed E-state index contributed by atoms with van der Waals surface area (Å²) in [5.41, 5.74) is 26.0. The molecule has 0 spiro atoms. The minimum Gasteiger partial charge on any atom is -0.394 e. The molecule has 0 bridgehead atoms. The lowest BCUT2D eigenvalue weighted by Gasteiger charge is -2.03. The molecule has 160 valence electrons. The van der Waals surface area contributed by atoms with Crippen molar-refractivity contribution in [1.29, 1.82) is 0 Å². The summed E-state index contributed by atoms with van der Waals surface area (Å²) in [5, 5.41) is 8.55. The molecule has 0 aromatic carbocycles. The molecule has 8 nitrogen and oxygen atoms in total. The first-order valence-electron chi connectivity index (χ1n) is 10.5. The third-order valence-corrected chi connectivity index (χ3v) is 4.88. The van der Waals surface area contributed by atoms with Crippen molar-refractivity contribution in [3.8, 4) is 0 Å². The predicted octanol–water partition coefficient (Wildman–Crippen LogP) is 3.87. The number of nitrogens with two attached hydrogens (primary N) is 4. The van der Waals surface area contributed by atoms with Gasteiger partial charge in [-0.25, -0.2) is 9.36 Å². The number of hydrogen-bond acceptors (Lipinski definition) is 6. The SMILES string of the molecule is CCCCCCn1nc(C)c(N)c1N.CCCCCCn1nc(C)c(N)c1N. The Morgan fingerprint density at radius 1 is 0.607 bits per heavy atom. The van der Waals surface area contributed by atoms with Crippen LogP contribution in [0.25, 0.3) is 0 Å². The van der Waals surface area contributed by atoms with Gasteiger partial charge in [-0.1, -0.05) is 52.4 Å². The van der Waals surface area contributed by atoms with Gasteiger partial charge in [0.1, 0.15) is 11.6 Å². The van der Waals surface area contributed by atoms with Crippen LogP contribution in [0.3, 0.4) is 0 Å². The Morgan fingerprint density at radius 2 is 0.964 bits per heavy atom. The first-order valence-corrected chi connectivity index (χ1v) is 10.5. The lowest BCUT2D eigenvalue weighted by atomic mass is 10.2. The standard InChI is InChI=1S/2C10H20N4/c2*1-3-4-5-6-7-14-10(12)9(11)8(2)13-14/h2*3-7,11-12H2,1-2H3. The van der Waals surface area contributed by atoms with E-state index in [1.54, 1.807) is 9.36 Å². The average molecular weight is 393 g/mol. The molecule has 0 amide bonds. The number of nitrogens with zero attached hydrogens (tertiary/aromatic N) is 4. The highest BCUT2D eigenvalue weighted by Gasteiger charge is 2.08. The van der Waals surface area contributed by atoms with Crippen molar-refractivity contribution in [1.82, 2.24) is 19.6 Å². The van der Waals surface area contributed by atoms with E-state index < -0.39 is 0 Å². The first-order chi connectivity index (χ1) is 13.3. The van der Waals surface area contributed by atoms with E-state index in [1.165, 1.54) is 38.5 Å². The van der Waals surface area contributed by atoms with Gasteiger partial charge in [-0.15, -0.1) is 0 Å². The zero-order valence-corrected chi connectivity index (χ0v) is 18.2. The zero-order chi connectivity index (χ0) is 21.1. The van der Waals surface area contributed by atoms with Gasteiger partial charge in [0, 0.05) is 13.1 Å². The summed E-state index contributed by atoms with van der Waals surface area (Å²) in [6.07, 6.45) is 9.75. The highest BCUT2D eigenvalue weighted by molar-refractivity contribution is 5.62. The summed E-state index contributed by atoms with van der Waals surface area (Å²) in [6.45, 7) is 9.92. The Morgan fingerprint density at radius 3 is 1.21 bits per heavy atom. The fourth-order valence-corrected chi connectivity index (χ4v) is 2.94. The minimum atomic E-state index is 0.610. The Labute approximate surface area is 169 Å². The van der Waals surface area contributed by atoms with E-state index in [1.807, 2.05) is 13.8 Å². The van der Waals surface area contributed by atoms with Crippen molar-refractivity contribution in [2.45, 2.75) is 92.2 Å². The van der Waals surface area contributed by atoms with Crippen LogP contribution in [0.4, 0.5) is 23.0 Å². The molecule has 0 aliphatic rings. The second-order valence-electron chi connectivity index (χ2n) is 7.34. The van der Waals surface area contributed by atoms with Gasteiger partial charge in [0.2, 0.25) is 0 Å². The second kappa shape index (κ2) is 12.2. The van der Waals surface area contributed by atoms with Crippen LogP contribution in [0.1, 0.15) is 76.6 Å². The molecule has 2 aromatic rings. The van der Waals surface area contributed by atoms with Gasteiger partial charge in [-0.2, -0.15) is 10.2 Å². The second-order valence-corrected chi connectivity index (χ2v) is 7.34. The van der Waals surface area contributed by atoms with Gasteiger partial charge in [0.25, 0.3) is 0 Å². The van der Waals surface area contributed by atoms with E-state index in [9.17, 15) is 0 Å². The maximum Gasteiger partial charge on any atom is 0.145 e. The average Bonchev–Trinajstić information content (AvgIpc) is 3.07. The van der Waals surface area contributed by atoms with E-state index in [4.69, 9.17) is 22.9 Å². The van der Waals surface area contributed by atoms with Crippen LogP contribution in [0.5, 0.6) is 0 Å². The molecule has 8 heteroatoms. The Bertz CT molecular complexity index is 641. The Kier molecular flexibility index (Phi) is 10.3. The topological polar surface area (TPSA) is 140 Å². The fourth-order valence-electron chi connectivity index (χ4n) is 2.94. The van der Waals surface area contributed by atoms with Gasteiger partial charge in [0.15, 0.2) is 0 Å². The minimum absolute atomic E-state index is 0.610. The summed E-state index contributed by atoms with van der Waals surface area (Å²) in [7, 11) is 0. The Hall–Kier alpha value is -2.38. The molecule has 2 heterocycles. The number of rotatable bonds is 10. The third kappa shape index (κ3) is 6.98. The monoisotopic (exact) mass is 392 g/mol. The van der Waals surface area contributed by atoms with Crippen LogP contribution in [0.15, 0.2) is 0 Å². The predicted molar refractivity (Wildman–Crippen MR) is 120 cm³/mol. The third-order valence-electron chi connectivity index (χ3n) is 4.88. The molecule has 2 aromatic heterocycles. The molecule has 2 rings (SSSR count). The van der Waals surface area contributed by atoms with Gasteiger partial charge in [-0.05, 0) is 26.7 Å². The van der Waals surface area contributed by atoms with Crippen molar-refractivity contribution in [3.63, 3.8) is 0 Å². The van der Waals surface area contributed by atoms with Crippen LogP contribution in [0.2, 0.25) is 0 Å². The fraction of sp³-hybridized carbons (Fsp3) is 0.700. The van der Waals surface area contributed by atoms with Gasteiger partial charge >= 0.3 is 0 Å². The van der Waals surface area contributed by atoms with Crippen molar-refractivity contribution in [2.24, 2.45) is 0 Å². The lowest BCUT2D eigenvalue weighted by molar-refractivity contribution is 0.544. The summed E-state index contributed by atoms with van der Waals surface area (Å²) in [5.74, 6) is 1.22. The normalized spacial score (nSPS) is 10.7. The van der Waals surface area contributed by atoms with Crippen molar-refractivity contribution in [3.05, 3.63) is 11.4 Å². The van der Waals surface area contributed by atoms with E-state index in [0.29, 0.717) is 23.0 Å². The summed E-state index contributed by atoms with van der Waals surface area (Å²) < 4.78 is 3.61. The Balaban J connectivity index is 0.000000280. The van der Waals surface area contributed by atoms with Gasteiger partial charge in [0.05, 0.1) is 22.8 Å². The molecule has 0 fully saturated rings. The molecule has 0 aliphatic carbocycles. The van der Waals surface area contributed by atoms with Crippen LogP contribution >= 0.6 is 0 Å². The van der Waals surface area contributed by atoms with Crippen molar-refractivity contribution >= 4 is 23.0 Å². The quantitative estimate of drug-likeness (QED) is 0.452. The van der Waals surface area contributed by atoms with Gasteiger partial charge in [-0.3, -0.25) is 0 Å². The summed E-state index contributed by atoms with van der Waals surface area (Å²) >= 11 is 0. The number of aryl methyl sites for hydroxylation is 4. The highest BCUT2D eigenvalue weighted by Crippen LogP contribution is 2.19. The first kappa shape index (κ1) is 23.7. The van der Waals surface area contributed by atoms with Crippen LogP contribution in [-0.4, -0.2) is 19.6 Å². The van der Waals surface area contributed by atoms with Crippen LogP contribution in [0, 0.1) is 13.8 Å². The highest BCUT2D eigenvalue weighted by atomic mass is 15.3. The maximum atomic E-state index is 5.79. The van der Waals surface area contributed by atoms with Crippen LogP contribution in [-0.2, 0) is 13.1 Å². The summed E-state index contributed by atoms with van der Waals surface area (Å²) in [4.78, 5) is 0. The number of unbranched alkanes of at least 4 members (excludes halogenated alkanes) is 6. The smallest absolute Gasteiger partial charge is 0.145 e. The largest absolute Gasteiger partial charge is 0.394 e. The zero-order valence-electron chi connectivity index (χ0n) is 18.2. The molecular formula is C20H40N8. The number of anilines is 4. The number of aromatic nitrogens is 4. The molecular weight excluding hydrogens is 352 g/mol. The molecule has 0 saturated carbocycles. The van der Waals surface area contributed by atoms with E-state index in [0.717, 1.165) is 37.3 Å². The molecule has 0 aliphatic heterocycles. The molecule has 28 heavy (non-hydrogen) atoms. The van der Waals surface area contributed by atoms with E-state index in [2.05, 4.69) is 24.0 Å². The molecule has 8 N–H and O–H groups in total. The molecule has 0 radical (unpaired) electrons. The van der Waals surface area contributed by atoms with E-state index >= 15 is 0 Å². The number of nitrogen functional groups attached to an aromatic ring is 4. The van der Waals surface area contributed by atoms with Crippen molar-refractivity contribution < 1.29 is 0 Å². The molecule has 0 atom stereocenters. The summed E-state index contributed by atoms with van der Waals surface area (Å²) in [6, 6.07) is 0. The number of hydrogen-bond donors (Lipinski definition) is 4. The van der Waals surface area contributed by atoms with Gasteiger partial charge < -0.3 is 22.9 Å². The maximum absolute atomic E-state index is 5.79. The lowest BCUT2D eigenvalue weighted by Crippen LogP contribution is -2.05. The van der Waals surface area contributed by atoms with E-state index in [-0.39, 0.29) is 0 Å². The van der Waals surface area contributed by atoms with Crippen molar-refractivity contribution in [2.75, 3.05) is 22.9 Å². The van der Waals surface area contributed by atoms with Crippen LogP contribution < -0.4 is 22.9 Å².